The smallest absolute Gasteiger partial charge is 0.247 e. The fourth-order valence-electron chi connectivity index (χ4n) is 3.80. The molecule has 2 aromatic rings. The first-order chi connectivity index (χ1) is 12.5. The largest absolute Gasteiger partial charge is 0.396 e. The third kappa shape index (κ3) is 4.69. The van der Waals surface area contributed by atoms with Gasteiger partial charge in [-0.25, -0.2) is 13.6 Å². The molecular formula is C18H25N3O3S2. The molecule has 0 unspecified atom stereocenters. The van der Waals surface area contributed by atoms with Crippen LogP contribution in [0.2, 0.25) is 0 Å². The fraction of sp³-hybridized carbons (Fsp3) is 0.500. The lowest BCUT2D eigenvalue weighted by molar-refractivity contribution is 0.182. The highest BCUT2D eigenvalue weighted by Crippen LogP contribution is 2.39. The van der Waals surface area contributed by atoms with Gasteiger partial charge in [0, 0.05) is 30.9 Å². The lowest BCUT2D eigenvalue weighted by Crippen LogP contribution is -2.34. The highest BCUT2D eigenvalue weighted by molar-refractivity contribution is 7.91. The van der Waals surface area contributed by atoms with Crippen molar-refractivity contribution in [3.05, 3.63) is 47.1 Å². The van der Waals surface area contributed by atoms with Crippen LogP contribution in [0.25, 0.3) is 0 Å². The summed E-state index contributed by atoms with van der Waals surface area (Å²) in [6.45, 7) is 0.740. The number of hydrogen-bond donors (Lipinski definition) is 3. The van der Waals surface area contributed by atoms with Gasteiger partial charge >= 0.3 is 0 Å². The summed E-state index contributed by atoms with van der Waals surface area (Å²) in [5.41, 5.74) is 1.84. The highest BCUT2D eigenvalue weighted by Gasteiger charge is 2.31. The van der Waals surface area contributed by atoms with Gasteiger partial charge in [0.25, 0.3) is 0 Å². The fourth-order valence-corrected chi connectivity index (χ4v) is 5.75. The number of thiophene rings is 1. The molecule has 0 aromatic carbocycles. The van der Waals surface area contributed by atoms with Gasteiger partial charge in [0.2, 0.25) is 10.0 Å². The van der Waals surface area contributed by atoms with E-state index in [0.29, 0.717) is 11.6 Å². The van der Waals surface area contributed by atoms with Crippen LogP contribution in [-0.4, -0.2) is 31.2 Å². The molecule has 0 amide bonds. The number of nitrogens with two attached hydrogens (primary N) is 1. The number of nitrogens with zero attached hydrogens (tertiary/aromatic N) is 1. The minimum Gasteiger partial charge on any atom is -0.396 e. The molecule has 0 radical (unpaired) electrons. The first-order valence-electron chi connectivity index (χ1n) is 8.82. The zero-order chi connectivity index (χ0) is 18.6. The van der Waals surface area contributed by atoms with Crippen LogP contribution in [0.4, 0.5) is 0 Å². The zero-order valence-corrected chi connectivity index (χ0v) is 16.2. The second kappa shape index (κ2) is 8.58. The molecule has 142 valence electrons. The summed E-state index contributed by atoms with van der Waals surface area (Å²) in [6, 6.07) is 6.21. The van der Waals surface area contributed by atoms with Crippen LogP contribution in [-0.2, 0) is 16.6 Å². The Morgan fingerprint density at radius 3 is 2.69 bits per heavy atom. The second-order valence-corrected chi connectivity index (χ2v) is 9.52. The summed E-state index contributed by atoms with van der Waals surface area (Å²) in [6.07, 6.45) is 7.56. The maximum absolute atomic E-state index is 11.8. The Bertz CT molecular complexity index is 800. The standard InChI is InChI=1S/C18H25N3O3S2/c19-26(23,24)18-16(7-9-25-18)17(12-22)14-3-5-15(6-4-14)21-11-13-2-1-8-20-10-13/h1-2,7-10,14-15,17,21-22H,3-6,11-12H2,(H2,19,23,24)/t14?,15?,17-/m0/s1. The summed E-state index contributed by atoms with van der Waals surface area (Å²) in [4.78, 5) is 4.13. The third-order valence-corrected chi connectivity index (χ3v) is 7.63. The maximum atomic E-state index is 11.8. The summed E-state index contributed by atoms with van der Waals surface area (Å²) < 4.78 is 23.8. The van der Waals surface area contributed by atoms with Gasteiger partial charge in [-0.2, -0.15) is 0 Å². The van der Waals surface area contributed by atoms with E-state index in [4.69, 9.17) is 5.14 Å². The Balaban J connectivity index is 1.59. The van der Waals surface area contributed by atoms with E-state index in [2.05, 4.69) is 16.4 Å². The van der Waals surface area contributed by atoms with Crippen molar-refractivity contribution in [2.45, 2.75) is 48.4 Å². The number of rotatable bonds is 7. The predicted molar refractivity (Wildman–Crippen MR) is 102 cm³/mol. The molecule has 8 heteroatoms. The van der Waals surface area contributed by atoms with E-state index in [1.165, 1.54) is 5.56 Å². The van der Waals surface area contributed by atoms with Crippen LogP contribution >= 0.6 is 11.3 Å². The van der Waals surface area contributed by atoms with Crippen molar-refractivity contribution < 1.29 is 13.5 Å². The lowest BCUT2D eigenvalue weighted by atomic mass is 9.76. The molecule has 1 aliphatic carbocycles. The van der Waals surface area contributed by atoms with E-state index in [1.54, 1.807) is 17.6 Å². The SMILES string of the molecule is NS(=O)(=O)c1sccc1[C@@H](CO)C1CCC(NCc2cccnc2)CC1. The molecular weight excluding hydrogens is 370 g/mol. The van der Waals surface area contributed by atoms with E-state index in [0.717, 1.165) is 43.6 Å². The molecule has 6 nitrogen and oxygen atoms in total. The molecule has 1 fully saturated rings. The molecule has 1 saturated carbocycles. The van der Waals surface area contributed by atoms with Gasteiger partial charge in [-0.05, 0) is 60.2 Å². The molecule has 3 rings (SSSR count). The Labute approximate surface area is 158 Å². The molecule has 26 heavy (non-hydrogen) atoms. The number of hydrogen-bond acceptors (Lipinski definition) is 6. The van der Waals surface area contributed by atoms with E-state index < -0.39 is 10.0 Å². The number of primary sulfonamides is 1. The zero-order valence-electron chi connectivity index (χ0n) is 14.5. The minimum absolute atomic E-state index is 0.0578. The summed E-state index contributed by atoms with van der Waals surface area (Å²) in [5.74, 6) is 0.0976. The molecule has 0 spiro atoms. The quantitative estimate of drug-likeness (QED) is 0.667. The Kier molecular flexibility index (Phi) is 6.42. The van der Waals surface area contributed by atoms with Crippen LogP contribution in [0.3, 0.4) is 0 Å². The van der Waals surface area contributed by atoms with Crippen molar-refractivity contribution in [3.8, 4) is 0 Å². The van der Waals surface area contributed by atoms with Crippen LogP contribution in [0.1, 0.15) is 42.7 Å². The van der Waals surface area contributed by atoms with Crippen molar-refractivity contribution in [2.24, 2.45) is 11.1 Å². The van der Waals surface area contributed by atoms with Crippen molar-refractivity contribution in [2.75, 3.05) is 6.61 Å². The van der Waals surface area contributed by atoms with E-state index in [9.17, 15) is 13.5 Å². The number of nitrogens with one attached hydrogen (secondary N) is 1. The Hall–Kier alpha value is -1.32. The van der Waals surface area contributed by atoms with E-state index in [-0.39, 0.29) is 22.7 Å². The number of sulfonamides is 1. The first-order valence-corrected chi connectivity index (χ1v) is 11.2. The Morgan fingerprint density at radius 1 is 1.31 bits per heavy atom. The number of aliphatic hydroxyl groups excluding tert-OH is 1. The van der Waals surface area contributed by atoms with Gasteiger partial charge in [0.05, 0.1) is 6.61 Å². The van der Waals surface area contributed by atoms with Crippen LogP contribution in [0, 0.1) is 5.92 Å². The first kappa shape index (κ1) is 19.4. The third-order valence-electron chi connectivity index (χ3n) is 5.17. The maximum Gasteiger partial charge on any atom is 0.247 e. The van der Waals surface area contributed by atoms with E-state index in [1.807, 2.05) is 12.3 Å². The average molecular weight is 396 g/mol. The van der Waals surface area contributed by atoms with Crippen LogP contribution < -0.4 is 10.5 Å². The van der Waals surface area contributed by atoms with Crippen molar-refractivity contribution in [1.82, 2.24) is 10.3 Å². The summed E-state index contributed by atoms with van der Waals surface area (Å²) in [5, 5.41) is 20.5. The van der Waals surface area contributed by atoms with Crippen molar-refractivity contribution in [1.29, 1.82) is 0 Å². The molecule has 0 saturated heterocycles. The van der Waals surface area contributed by atoms with E-state index >= 15 is 0 Å². The summed E-state index contributed by atoms with van der Waals surface area (Å²) in [7, 11) is -3.74. The average Bonchev–Trinajstić information content (AvgIpc) is 3.12. The van der Waals surface area contributed by atoms with Crippen molar-refractivity contribution >= 4 is 21.4 Å². The summed E-state index contributed by atoms with van der Waals surface area (Å²) >= 11 is 1.13. The van der Waals surface area contributed by atoms with Crippen LogP contribution in [0.5, 0.6) is 0 Å². The van der Waals surface area contributed by atoms with Gasteiger partial charge in [-0.15, -0.1) is 11.3 Å². The minimum atomic E-state index is -3.74. The molecule has 1 aliphatic rings. The lowest BCUT2D eigenvalue weighted by Gasteiger charge is -2.33. The topological polar surface area (TPSA) is 105 Å². The van der Waals surface area contributed by atoms with Gasteiger partial charge in [-0.1, -0.05) is 6.07 Å². The van der Waals surface area contributed by atoms with Gasteiger partial charge in [0.1, 0.15) is 4.21 Å². The van der Waals surface area contributed by atoms with Crippen molar-refractivity contribution in [3.63, 3.8) is 0 Å². The normalized spacial score (nSPS) is 22.2. The van der Waals surface area contributed by atoms with Gasteiger partial charge < -0.3 is 10.4 Å². The molecule has 0 aliphatic heterocycles. The number of aliphatic hydroxyl groups is 1. The van der Waals surface area contributed by atoms with Crippen LogP contribution in [0.15, 0.2) is 40.2 Å². The highest BCUT2D eigenvalue weighted by atomic mass is 32.2. The second-order valence-electron chi connectivity index (χ2n) is 6.85. The van der Waals surface area contributed by atoms with Gasteiger partial charge in [-0.3, -0.25) is 4.98 Å². The molecule has 2 aromatic heterocycles. The molecule has 2 heterocycles. The Morgan fingerprint density at radius 2 is 2.08 bits per heavy atom. The monoisotopic (exact) mass is 395 g/mol. The molecule has 4 N–H and O–H groups in total. The van der Waals surface area contributed by atoms with Gasteiger partial charge in [0.15, 0.2) is 0 Å². The molecule has 1 atom stereocenters. The number of pyridine rings is 1. The number of aromatic nitrogens is 1. The molecule has 0 bridgehead atoms. The predicted octanol–water partition coefficient (Wildman–Crippen LogP) is 2.22.